The molecular weight excluding hydrogens is 480 g/mol. The van der Waals surface area contributed by atoms with E-state index in [0.29, 0.717) is 0 Å². The highest BCUT2D eigenvalue weighted by Crippen LogP contribution is 2.15. The maximum atomic E-state index is 5.81. The van der Waals surface area contributed by atoms with Gasteiger partial charge < -0.3 is 4.74 Å². The van der Waals surface area contributed by atoms with Crippen molar-refractivity contribution in [1.82, 2.24) is 0 Å². The molecule has 0 aliphatic carbocycles. The van der Waals surface area contributed by atoms with Crippen LogP contribution in [0.3, 0.4) is 0 Å². The van der Waals surface area contributed by atoms with Gasteiger partial charge in [-0.15, -0.1) is 0 Å². The first-order valence-corrected chi connectivity index (χ1v) is 18.4. The monoisotopic (exact) mass is 553 g/mol. The lowest BCUT2D eigenvalue weighted by Gasteiger charge is -2.08. The van der Waals surface area contributed by atoms with Crippen molar-refractivity contribution in [3.63, 3.8) is 0 Å². The average Bonchev–Trinajstić information content (AvgIpc) is 2.92. The molecule has 0 radical (unpaired) electrons. The molecule has 0 atom stereocenters. The van der Waals surface area contributed by atoms with E-state index in [0.717, 1.165) is 18.1 Å². The standard InChI is InChI=1S/C36H72OS/c1-3-5-7-9-11-13-15-17-19-21-23-25-27-29-31-33-35-37-36(38)34-32-30-28-26-24-22-20-18-16-14-12-10-8-6-4-2/h3-35H2,1-2H3. The molecule has 0 N–H and O–H groups in total. The van der Waals surface area contributed by atoms with Gasteiger partial charge in [0.2, 0.25) is 0 Å². The molecular formula is C36H72OS. The van der Waals surface area contributed by atoms with Crippen molar-refractivity contribution in [3.05, 3.63) is 0 Å². The van der Waals surface area contributed by atoms with Crippen molar-refractivity contribution in [2.24, 2.45) is 0 Å². The van der Waals surface area contributed by atoms with E-state index < -0.39 is 0 Å². The summed E-state index contributed by atoms with van der Waals surface area (Å²) in [6, 6.07) is 0. The molecule has 0 aromatic rings. The van der Waals surface area contributed by atoms with Gasteiger partial charge in [0, 0.05) is 6.42 Å². The quantitative estimate of drug-likeness (QED) is 0.0591. The SMILES string of the molecule is CCCCCCCCCCCCCCCCCCOC(=S)CCCCCCCCCCCCCCCCC. The van der Waals surface area contributed by atoms with Crippen LogP contribution in [0.15, 0.2) is 0 Å². The Morgan fingerprint density at radius 2 is 0.579 bits per heavy atom. The highest BCUT2D eigenvalue weighted by atomic mass is 32.1. The van der Waals surface area contributed by atoms with Crippen molar-refractivity contribution >= 4 is 17.3 Å². The Hall–Kier alpha value is -0.110. The van der Waals surface area contributed by atoms with Gasteiger partial charge in [-0.05, 0) is 25.1 Å². The van der Waals surface area contributed by atoms with E-state index in [1.165, 1.54) is 199 Å². The summed E-state index contributed by atoms with van der Waals surface area (Å²) in [5.74, 6) is 0. The highest BCUT2D eigenvalue weighted by Gasteiger charge is 2.00. The Morgan fingerprint density at radius 3 is 0.868 bits per heavy atom. The molecule has 0 heterocycles. The molecule has 0 spiro atoms. The van der Waals surface area contributed by atoms with Gasteiger partial charge in [0.25, 0.3) is 0 Å². The van der Waals surface area contributed by atoms with Crippen LogP contribution in [0.2, 0.25) is 0 Å². The molecule has 0 aromatic carbocycles. The van der Waals surface area contributed by atoms with Gasteiger partial charge in [0.1, 0.15) is 0 Å². The molecule has 38 heavy (non-hydrogen) atoms. The summed E-state index contributed by atoms with van der Waals surface area (Å²) >= 11 is 5.44. The van der Waals surface area contributed by atoms with E-state index in [4.69, 9.17) is 17.0 Å². The second kappa shape index (κ2) is 34.9. The van der Waals surface area contributed by atoms with Gasteiger partial charge >= 0.3 is 0 Å². The first kappa shape index (κ1) is 37.9. The van der Waals surface area contributed by atoms with Crippen molar-refractivity contribution in [1.29, 1.82) is 0 Å². The van der Waals surface area contributed by atoms with E-state index in [9.17, 15) is 0 Å². The van der Waals surface area contributed by atoms with Crippen LogP contribution in [-0.4, -0.2) is 11.7 Å². The van der Waals surface area contributed by atoms with E-state index in [1.807, 2.05) is 0 Å². The van der Waals surface area contributed by atoms with E-state index >= 15 is 0 Å². The first-order valence-electron chi connectivity index (χ1n) is 18.0. The maximum absolute atomic E-state index is 5.81. The van der Waals surface area contributed by atoms with Crippen LogP contribution in [0.25, 0.3) is 0 Å². The van der Waals surface area contributed by atoms with E-state index in [2.05, 4.69) is 13.8 Å². The number of ether oxygens (including phenoxy) is 1. The van der Waals surface area contributed by atoms with Crippen LogP contribution in [0.4, 0.5) is 0 Å². The molecule has 0 aromatic heterocycles. The average molecular weight is 553 g/mol. The van der Waals surface area contributed by atoms with Crippen molar-refractivity contribution in [2.75, 3.05) is 6.61 Å². The normalized spacial score (nSPS) is 11.3. The van der Waals surface area contributed by atoms with Gasteiger partial charge in [0.05, 0.1) is 6.61 Å². The fourth-order valence-electron chi connectivity index (χ4n) is 5.55. The van der Waals surface area contributed by atoms with Crippen LogP contribution in [-0.2, 0) is 4.74 Å². The summed E-state index contributed by atoms with van der Waals surface area (Å²) in [6.07, 6.45) is 44.8. The van der Waals surface area contributed by atoms with Crippen LogP contribution in [0, 0.1) is 0 Å². The predicted octanol–water partition coefficient (Wildman–Crippen LogP) is 13.9. The van der Waals surface area contributed by atoms with Crippen LogP contribution < -0.4 is 0 Å². The number of rotatable bonds is 33. The summed E-state index contributed by atoms with van der Waals surface area (Å²) in [6.45, 7) is 5.44. The highest BCUT2D eigenvalue weighted by molar-refractivity contribution is 7.80. The lowest BCUT2D eigenvalue weighted by Crippen LogP contribution is -2.03. The summed E-state index contributed by atoms with van der Waals surface area (Å²) < 4.78 is 5.81. The Morgan fingerprint density at radius 1 is 0.342 bits per heavy atom. The minimum atomic E-state index is 0.843. The maximum Gasteiger partial charge on any atom is 0.159 e. The van der Waals surface area contributed by atoms with Crippen molar-refractivity contribution in [3.8, 4) is 0 Å². The first-order chi connectivity index (χ1) is 18.8. The molecule has 0 amide bonds. The molecule has 0 bridgehead atoms. The molecule has 228 valence electrons. The summed E-state index contributed by atoms with van der Waals surface area (Å²) in [4.78, 5) is 0. The Bertz CT molecular complexity index is 435. The Kier molecular flexibility index (Phi) is 34.8. The molecule has 1 nitrogen and oxygen atoms in total. The second-order valence-corrected chi connectivity index (χ2v) is 12.7. The van der Waals surface area contributed by atoms with E-state index in [-0.39, 0.29) is 0 Å². The molecule has 0 aliphatic rings. The van der Waals surface area contributed by atoms with Crippen molar-refractivity contribution in [2.45, 2.75) is 219 Å². The molecule has 0 unspecified atom stereocenters. The van der Waals surface area contributed by atoms with Gasteiger partial charge in [0.15, 0.2) is 5.05 Å². The van der Waals surface area contributed by atoms with Crippen LogP contribution in [0.1, 0.15) is 219 Å². The largest absolute Gasteiger partial charge is 0.487 e. The fourth-order valence-corrected chi connectivity index (χ4v) is 5.78. The molecule has 0 rings (SSSR count). The fraction of sp³-hybridized carbons (Fsp3) is 0.972. The zero-order valence-corrected chi connectivity index (χ0v) is 27.5. The Labute approximate surface area is 247 Å². The van der Waals surface area contributed by atoms with Gasteiger partial charge in [-0.25, -0.2) is 0 Å². The number of unbranched alkanes of at least 4 members (excludes halogenated alkanes) is 29. The predicted molar refractivity (Wildman–Crippen MR) is 178 cm³/mol. The third-order valence-corrected chi connectivity index (χ3v) is 8.57. The molecule has 2 heteroatoms. The minimum absolute atomic E-state index is 0.843. The molecule has 0 saturated heterocycles. The molecule has 0 fully saturated rings. The zero-order valence-electron chi connectivity index (χ0n) is 26.7. The van der Waals surface area contributed by atoms with Crippen molar-refractivity contribution < 1.29 is 4.74 Å². The summed E-state index contributed by atoms with van der Waals surface area (Å²) in [7, 11) is 0. The smallest absolute Gasteiger partial charge is 0.159 e. The number of thiocarbonyl (C=S) groups is 1. The lowest BCUT2D eigenvalue weighted by atomic mass is 10.0. The minimum Gasteiger partial charge on any atom is -0.487 e. The van der Waals surface area contributed by atoms with Gasteiger partial charge in [-0.2, -0.15) is 0 Å². The van der Waals surface area contributed by atoms with Crippen LogP contribution >= 0.6 is 12.2 Å². The topological polar surface area (TPSA) is 9.23 Å². The van der Waals surface area contributed by atoms with Gasteiger partial charge in [-0.1, -0.05) is 200 Å². The lowest BCUT2D eigenvalue weighted by molar-refractivity contribution is 0.290. The van der Waals surface area contributed by atoms with Gasteiger partial charge in [-0.3, -0.25) is 0 Å². The third-order valence-electron chi connectivity index (χ3n) is 8.25. The summed E-state index contributed by atoms with van der Waals surface area (Å²) in [5.41, 5.74) is 0. The number of hydrogen-bond acceptors (Lipinski definition) is 2. The molecule has 0 aliphatic heterocycles. The zero-order chi connectivity index (χ0) is 27.6. The second-order valence-electron chi connectivity index (χ2n) is 12.2. The molecule has 0 saturated carbocycles. The third kappa shape index (κ3) is 33.9. The van der Waals surface area contributed by atoms with Crippen LogP contribution in [0.5, 0.6) is 0 Å². The Balaban J connectivity index is 3.14. The summed E-state index contributed by atoms with van der Waals surface area (Å²) in [5, 5.41) is 0.862. The number of hydrogen-bond donors (Lipinski definition) is 0. The van der Waals surface area contributed by atoms with E-state index in [1.54, 1.807) is 0 Å².